The summed E-state index contributed by atoms with van der Waals surface area (Å²) in [6.07, 6.45) is 1.78. The van der Waals surface area contributed by atoms with Gasteiger partial charge in [-0.25, -0.2) is 9.97 Å². The number of anilines is 1. The Morgan fingerprint density at radius 1 is 1.42 bits per heavy atom. The second-order valence-electron chi connectivity index (χ2n) is 4.72. The molecule has 0 radical (unpaired) electrons. The van der Waals surface area contributed by atoms with Crippen LogP contribution in [-0.4, -0.2) is 58.1 Å². The summed E-state index contributed by atoms with van der Waals surface area (Å²) in [7, 11) is 0. The molecule has 0 amide bonds. The number of hydrogen-bond donors (Lipinski definition) is 2. The van der Waals surface area contributed by atoms with Crippen LogP contribution in [0.15, 0.2) is 17.4 Å². The third kappa shape index (κ3) is 3.11. The molecule has 1 unspecified atom stereocenters. The topological polar surface area (TPSA) is 90.9 Å². The van der Waals surface area contributed by atoms with Crippen LogP contribution < -0.4 is 10.6 Å². The molecule has 104 valence electrons. The van der Waals surface area contributed by atoms with Gasteiger partial charge in [-0.05, 0) is 19.9 Å². The first-order valence-electron chi connectivity index (χ1n) is 6.38. The normalized spacial score (nSPS) is 19.5. The summed E-state index contributed by atoms with van der Waals surface area (Å²) in [6.45, 7) is 7.26. The van der Waals surface area contributed by atoms with Gasteiger partial charge in [0.1, 0.15) is 0 Å². The Bertz CT molecular complexity index is 455. The van der Waals surface area contributed by atoms with Gasteiger partial charge in [0.15, 0.2) is 5.84 Å². The number of aryl methyl sites for hydroxylation is 1. The third-order valence-corrected chi connectivity index (χ3v) is 3.47. The van der Waals surface area contributed by atoms with Crippen molar-refractivity contribution in [3.05, 3.63) is 18.0 Å². The molecule has 19 heavy (non-hydrogen) atoms. The minimum atomic E-state index is -0.0504. The number of nitrogens with zero attached hydrogens (tertiary/aromatic N) is 5. The average Bonchev–Trinajstić information content (AvgIpc) is 2.46. The molecular weight excluding hydrogens is 244 g/mol. The van der Waals surface area contributed by atoms with Gasteiger partial charge in [0.2, 0.25) is 5.95 Å². The van der Waals surface area contributed by atoms with Crippen molar-refractivity contribution in [2.45, 2.75) is 19.9 Å². The predicted octanol–water partition coefficient (Wildman–Crippen LogP) is 0.0419. The number of amidine groups is 1. The number of aromatic nitrogens is 2. The van der Waals surface area contributed by atoms with Gasteiger partial charge in [0.25, 0.3) is 0 Å². The highest BCUT2D eigenvalue weighted by atomic mass is 16.4. The Labute approximate surface area is 112 Å². The fourth-order valence-electron chi connectivity index (χ4n) is 2.17. The molecule has 1 aromatic heterocycles. The highest BCUT2D eigenvalue weighted by molar-refractivity contribution is 5.84. The molecule has 2 heterocycles. The van der Waals surface area contributed by atoms with Crippen molar-refractivity contribution < 1.29 is 5.21 Å². The molecule has 1 aliphatic heterocycles. The van der Waals surface area contributed by atoms with Gasteiger partial charge >= 0.3 is 0 Å². The summed E-state index contributed by atoms with van der Waals surface area (Å²) in [4.78, 5) is 13.1. The van der Waals surface area contributed by atoms with Gasteiger partial charge in [0, 0.05) is 38.1 Å². The summed E-state index contributed by atoms with van der Waals surface area (Å²) in [6, 6.07) is 1.84. The lowest BCUT2D eigenvalue weighted by atomic mass is 10.2. The first-order chi connectivity index (χ1) is 9.11. The summed E-state index contributed by atoms with van der Waals surface area (Å²) < 4.78 is 0. The number of nitrogens with two attached hydrogens (primary N) is 1. The maximum absolute atomic E-state index is 8.70. The molecule has 0 spiro atoms. The second kappa shape index (κ2) is 5.83. The second-order valence-corrected chi connectivity index (χ2v) is 4.72. The lowest BCUT2D eigenvalue weighted by molar-refractivity contribution is 0.229. The molecule has 0 aromatic carbocycles. The van der Waals surface area contributed by atoms with Gasteiger partial charge in [-0.1, -0.05) is 5.16 Å². The van der Waals surface area contributed by atoms with Gasteiger partial charge in [-0.15, -0.1) is 0 Å². The number of hydrogen-bond acceptors (Lipinski definition) is 6. The van der Waals surface area contributed by atoms with E-state index in [1.165, 1.54) is 0 Å². The third-order valence-electron chi connectivity index (χ3n) is 3.47. The Hall–Kier alpha value is -1.89. The van der Waals surface area contributed by atoms with Crippen molar-refractivity contribution >= 4 is 11.8 Å². The quantitative estimate of drug-likeness (QED) is 0.347. The largest absolute Gasteiger partial charge is 0.409 e. The lowest BCUT2D eigenvalue weighted by Gasteiger charge is -2.37. The van der Waals surface area contributed by atoms with Crippen molar-refractivity contribution in [3.8, 4) is 0 Å². The molecule has 1 atom stereocenters. The molecule has 1 aliphatic rings. The van der Waals surface area contributed by atoms with Gasteiger partial charge < -0.3 is 15.8 Å². The van der Waals surface area contributed by atoms with Crippen LogP contribution in [0.1, 0.15) is 12.6 Å². The first kappa shape index (κ1) is 13.5. The lowest BCUT2D eigenvalue weighted by Crippen LogP contribution is -2.53. The van der Waals surface area contributed by atoms with E-state index in [2.05, 4.69) is 24.9 Å². The van der Waals surface area contributed by atoms with Crippen molar-refractivity contribution in [3.63, 3.8) is 0 Å². The maximum atomic E-state index is 8.70. The van der Waals surface area contributed by atoms with E-state index in [1.807, 2.05) is 19.9 Å². The van der Waals surface area contributed by atoms with E-state index >= 15 is 0 Å². The number of piperazine rings is 1. The fourth-order valence-corrected chi connectivity index (χ4v) is 2.17. The molecule has 2 rings (SSSR count). The minimum absolute atomic E-state index is 0.0504. The molecule has 1 aromatic rings. The van der Waals surface area contributed by atoms with Gasteiger partial charge in [0.05, 0.1) is 6.04 Å². The molecule has 7 heteroatoms. The zero-order valence-electron chi connectivity index (χ0n) is 11.3. The first-order valence-corrected chi connectivity index (χ1v) is 6.38. The van der Waals surface area contributed by atoms with Gasteiger partial charge in [-0.2, -0.15) is 0 Å². The number of oxime groups is 1. The van der Waals surface area contributed by atoms with Crippen LogP contribution in [0.25, 0.3) is 0 Å². The Morgan fingerprint density at radius 2 is 2.11 bits per heavy atom. The van der Waals surface area contributed by atoms with Crippen LogP contribution in [0.3, 0.4) is 0 Å². The molecule has 0 aliphatic carbocycles. The van der Waals surface area contributed by atoms with Crippen molar-refractivity contribution in [1.29, 1.82) is 0 Å². The van der Waals surface area contributed by atoms with Crippen LogP contribution in [0.5, 0.6) is 0 Å². The predicted molar refractivity (Wildman–Crippen MR) is 73.4 cm³/mol. The summed E-state index contributed by atoms with van der Waals surface area (Å²) in [5.41, 5.74) is 6.60. The van der Waals surface area contributed by atoms with Crippen LogP contribution in [-0.2, 0) is 0 Å². The van der Waals surface area contributed by atoms with E-state index in [1.54, 1.807) is 6.20 Å². The Kier molecular flexibility index (Phi) is 4.16. The van der Waals surface area contributed by atoms with E-state index in [9.17, 15) is 0 Å². The Balaban J connectivity index is 1.96. The van der Waals surface area contributed by atoms with E-state index in [4.69, 9.17) is 10.9 Å². The molecule has 1 fully saturated rings. The molecule has 3 N–H and O–H groups in total. The molecule has 0 saturated carbocycles. The van der Waals surface area contributed by atoms with Crippen LogP contribution in [0, 0.1) is 6.92 Å². The van der Waals surface area contributed by atoms with E-state index in [0.717, 1.165) is 37.8 Å². The molecule has 0 bridgehead atoms. The van der Waals surface area contributed by atoms with E-state index in [-0.39, 0.29) is 11.9 Å². The zero-order chi connectivity index (χ0) is 13.8. The maximum Gasteiger partial charge on any atom is 0.225 e. The van der Waals surface area contributed by atoms with Crippen LogP contribution in [0.2, 0.25) is 0 Å². The van der Waals surface area contributed by atoms with Crippen LogP contribution >= 0.6 is 0 Å². The summed E-state index contributed by atoms with van der Waals surface area (Å²) in [5.74, 6) is 1.02. The zero-order valence-corrected chi connectivity index (χ0v) is 11.3. The van der Waals surface area contributed by atoms with E-state index < -0.39 is 0 Å². The van der Waals surface area contributed by atoms with Crippen molar-refractivity contribution in [1.82, 2.24) is 14.9 Å². The SMILES string of the molecule is Cc1ccnc(N2CCN(C(C)C(N)=NO)CC2)n1. The van der Waals surface area contributed by atoms with Gasteiger partial charge in [-0.3, -0.25) is 4.90 Å². The van der Waals surface area contributed by atoms with E-state index in [0.29, 0.717) is 0 Å². The van der Waals surface area contributed by atoms with Crippen LogP contribution in [0.4, 0.5) is 5.95 Å². The average molecular weight is 264 g/mol. The molecule has 7 nitrogen and oxygen atoms in total. The minimum Gasteiger partial charge on any atom is -0.409 e. The fraction of sp³-hybridized carbons (Fsp3) is 0.583. The monoisotopic (exact) mass is 264 g/mol. The highest BCUT2D eigenvalue weighted by Crippen LogP contribution is 2.12. The standard InChI is InChI=1S/C12H20N6O/c1-9-3-4-14-12(15-9)18-7-5-17(6-8-18)10(2)11(13)16-19/h3-4,10,19H,5-8H2,1-2H3,(H2,13,16). The molecular formula is C12H20N6O. The number of rotatable bonds is 3. The summed E-state index contributed by atoms with van der Waals surface area (Å²) in [5, 5.41) is 11.8. The summed E-state index contributed by atoms with van der Waals surface area (Å²) >= 11 is 0. The smallest absolute Gasteiger partial charge is 0.225 e. The van der Waals surface area contributed by atoms with Crippen molar-refractivity contribution in [2.24, 2.45) is 10.9 Å². The molecule has 1 saturated heterocycles. The highest BCUT2D eigenvalue weighted by Gasteiger charge is 2.24. The Morgan fingerprint density at radius 3 is 2.68 bits per heavy atom. The van der Waals surface area contributed by atoms with Crippen molar-refractivity contribution in [2.75, 3.05) is 31.1 Å².